The van der Waals surface area contributed by atoms with Gasteiger partial charge in [-0.25, -0.2) is 0 Å². The minimum Gasteiger partial charge on any atom is -0.342 e. The predicted molar refractivity (Wildman–Crippen MR) is 82.1 cm³/mol. The van der Waals surface area contributed by atoms with Crippen molar-refractivity contribution in [2.45, 2.75) is 33.1 Å². The summed E-state index contributed by atoms with van der Waals surface area (Å²) in [4.78, 5) is 14.1. The molecule has 0 spiro atoms. The van der Waals surface area contributed by atoms with Crippen molar-refractivity contribution in [3.05, 3.63) is 17.5 Å². The summed E-state index contributed by atoms with van der Waals surface area (Å²) in [6.07, 6.45) is 2.64. The van der Waals surface area contributed by atoms with E-state index in [2.05, 4.69) is 22.4 Å². The van der Waals surface area contributed by atoms with Gasteiger partial charge in [0.1, 0.15) is 0 Å². The number of piperidine rings is 1. The Balaban J connectivity index is 0.00000200. The van der Waals surface area contributed by atoms with E-state index in [0.29, 0.717) is 6.42 Å². The van der Waals surface area contributed by atoms with E-state index in [1.54, 1.807) is 0 Å². The van der Waals surface area contributed by atoms with Crippen molar-refractivity contribution in [3.63, 3.8) is 0 Å². The summed E-state index contributed by atoms with van der Waals surface area (Å²) in [6, 6.07) is 1.94. The van der Waals surface area contributed by atoms with Crippen molar-refractivity contribution in [3.8, 4) is 0 Å². The summed E-state index contributed by atoms with van der Waals surface area (Å²) in [5, 5.41) is 10.4. The molecule has 0 bridgehead atoms. The first-order valence-corrected chi connectivity index (χ1v) is 7.18. The first kappa shape index (κ1) is 17.0. The van der Waals surface area contributed by atoms with E-state index in [4.69, 9.17) is 0 Å². The van der Waals surface area contributed by atoms with Gasteiger partial charge in [-0.1, -0.05) is 6.92 Å². The number of likely N-dealkylation sites (tertiary alicyclic amines) is 1. The topological polar surface area (TPSA) is 61.0 Å². The van der Waals surface area contributed by atoms with Crippen LogP contribution >= 0.6 is 12.4 Å². The quantitative estimate of drug-likeness (QED) is 0.867. The largest absolute Gasteiger partial charge is 0.342 e. The fraction of sp³-hybridized carbons (Fsp3) is 0.714. The molecule has 1 saturated heterocycles. The highest BCUT2D eigenvalue weighted by Gasteiger charge is 2.22. The SMILES string of the molecule is CCNCC1CCN(C(=O)Cc2cc(C)[nH]n2)CC1.Cl. The van der Waals surface area contributed by atoms with Gasteiger partial charge in [-0.3, -0.25) is 9.89 Å². The Morgan fingerprint density at radius 1 is 1.50 bits per heavy atom. The Morgan fingerprint density at radius 2 is 2.20 bits per heavy atom. The van der Waals surface area contributed by atoms with Crippen molar-refractivity contribution in [1.29, 1.82) is 0 Å². The zero-order valence-corrected chi connectivity index (χ0v) is 13.1. The highest BCUT2D eigenvalue weighted by Crippen LogP contribution is 2.17. The Morgan fingerprint density at radius 3 is 2.75 bits per heavy atom. The van der Waals surface area contributed by atoms with Crippen LogP contribution in [0.3, 0.4) is 0 Å². The van der Waals surface area contributed by atoms with E-state index in [1.165, 1.54) is 0 Å². The van der Waals surface area contributed by atoms with Crippen LogP contribution in [0, 0.1) is 12.8 Å². The Kier molecular flexibility index (Phi) is 7.02. The van der Waals surface area contributed by atoms with Gasteiger partial charge in [-0.2, -0.15) is 5.10 Å². The van der Waals surface area contributed by atoms with Crippen molar-refractivity contribution >= 4 is 18.3 Å². The number of nitrogens with zero attached hydrogens (tertiary/aromatic N) is 2. The van der Waals surface area contributed by atoms with Crippen molar-refractivity contribution in [2.75, 3.05) is 26.2 Å². The van der Waals surface area contributed by atoms with Gasteiger partial charge in [0, 0.05) is 18.8 Å². The van der Waals surface area contributed by atoms with Gasteiger partial charge in [0.2, 0.25) is 5.91 Å². The molecule has 1 aliphatic rings. The molecule has 2 N–H and O–H groups in total. The summed E-state index contributed by atoms with van der Waals surface area (Å²) >= 11 is 0. The molecule has 0 saturated carbocycles. The molecule has 114 valence electrons. The van der Waals surface area contributed by atoms with Gasteiger partial charge >= 0.3 is 0 Å². The maximum atomic E-state index is 12.2. The lowest BCUT2D eigenvalue weighted by Crippen LogP contribution is -2.41. The lowest BCUT2D eigenvalue weighted by atomic mass is 9.96. The number of amides is 1. The van der Waals surface area contributed by atoms with Gasteiger partial charge in [0.05, 0.1) is 12.1 Å². The van der Waals surface area contributed by atoms with Crippen LogP contribution in [0.15, 0.2) is 6.07 Å². The maximum absolute atomic E-state index is 12.2. The number of aromatic amines is 1. The molecule has 20 heavy (non-hydrogen) atoms. The first-order chi connectivity index (χ1) is 9.19. The lowest BCUT2D eigenvalue weighted by molar-refractivity contribution is -0.131. The molecular weight excluding hydrogens is 276 g/mol. The third-order valence-electron chi connectivity index (χ3n) is 3.74. The number of aromatic nitrogens is 2. The number of nitrogens with one attached hydrogen (secondary N) is 2. The molecule has 0 aromatic carbocycles. The molecule has 6 heteroatoms. The normalized spacial score (nSPS) is 16.0. The number of hydrogen-bond acceptors (Lipinski definition) is 3. The van der Waals surface area contributed by atoms with Crippen LogP contribution in [0.2, 0.25) is 0 Å². The highest BCUT2D eigenvalue weighted by molar-refractivity contribution is 5.85. The lowest BCUT2D eigenvalue weighted by Gasteiger charge is -2.32. The molecule has 0 atom stereocenters. The fourth-order valence-electron chi connectivity index (χ4n) is 2.57. The van der Waals surface area contributed by atoms with Crippen molar-refractivity contribution in [2.24, 2.45) is 5.92 Å². The van der Waals surface area contributed by atoms with Gasteiger partial charge in [-0.15, -0.1) is 12.4 Å². The molecule has 1 aromatic rings. The molecule has 1 aliphatic heterocycles. The number of rotatable bonds is 5. The van der Waals surface area contributed by atoms with Crippen molar-refractivity contribution < 1.29 is 4.79 Å². The third-order valence-corrected chi connectivity index (χ3v) is 3.74. The highest BCUT2D eigenvalue weighted by atomic mass is 35.5. The summed E-state index contributed by atoms with van der Waals surface area (Å²) in [5.41, 5.74) is 1.85. The number of aryl methyl sites for hydroxylation is 1. The standard InChI is InChI=1S/C14H24N4O.ClH/c1-3-15-10-12-4-6-18(7-5-12)14(19)9-13-8-11(2)16-17-13;/h8,12,15H,3-7,9-10H2,1-2H3,(H,16,17);1H. The second-order valence-corrected chi connectivity index (χ2v) is 5.35. The van der Waals surface area contributed by atoms with E-state index in [0.717, 1.165) is 56.3 Å². The molecule has 0 radical (unpaired) electrons. The summed E-state index contributed by atoms with van der Waals surface area (Å²) in [6.45, 7) is 7.96. The minimum absolute atomic E-state index is 0. The summed E-state index contributed by atoms with van der Waals surface area (Å²) < 4.78 is 0. The molecule has 1 aromatic heterocycles. The second kappa shape index (κ2) is 8.27. The number of carbonyl (C=O) groups is 1. The van der Waals surface area contributed by atoms with Crippen LogP contribution in [0.25, 0.3) is 0 Å². The Bertz CT molecular complexity index is 413. The number of carbonyl (C=O) groups excluding carboxylic acids is 1. The zero-order valence-electron chi connectivity index (χ0n) is 12.3. The average Bonchev–Trinajstić information content (AvgIpc) is 2.82. The predicted octanol–water partition coefficient (Wildman–Crippen LogP) is 1.53. The molecule has 5 nitrogen and oxygen atoms in total. The van der Waals surface area contributed by atoms with Crippen molar-refractivity contribution in [1.82, 2.24) is 20.4 Å². The smallest absolute Gasteiger partial charge is 0.228 e. The molecule has 0 aliphatic carbocycles. The van der Waals surface area contributed by atoms with E-state index < -0.39 is 0 Å². The molecule has 2 heterocycles. The van der Waals surface area contributed by atoms with Crippen LogP contribution in [0.1, 0.15) is 31.2 Å². The third kappa shape index (κ3) is 4.80. The van der Waals surface area contributed by atoms with Gasteiger partial charge in [0.15, 0.2) is 0 Å². The van der Waals surface area contributed by atoms with E-state index >= 15 is 0 Å². The maximum Gasteiger partial charge on any atom is 0.228 e. The summed E-state index contributed by atoms with van der Waals surface area (Å²) in [5.74, 6) is 0.921. The van der Waals surface area contributed by atoms with Crippen LogP contribution in [0.5, 0.6) is 0 Å². The van der Waals surface area contributed by atoms with E-state index in [9.17, 15) is 4.79 Å². The molecule has 0 unspecified atom stereocenters. The number of H-pyrrole nitrogens is 1. The monoisotopic (exact) mass is 300 g/mol. The minimum atomic E-state index is 0. The van der Waals surface area contributed by atoms with Crippen LogP contribution in [-0.2, 0) is 11.2 Å². The number of hydrogen-bond donors (Lipinski definition) is 2. The van der Waals surface area contributed by atoms with Gasteiger partial charge in [-0.05, 0) is 44.8 Å². The van der Waals surface area contributed by atoms with Crippen LogP contribution in [-0.4, -0.2) is 47.2 Å². The molecule has 1 fully saturated rings. The molecular formula is C14H25ClN4O. The van der Waals surface area contributed by atoms with Gasteiger partial charge < -0.3 is 10.2 Å². The molecule has 2 rings (SSSR count). The average molecular weight is 301 g/mol. The van der Waals surface area contributed by atoms with E-state index in [-0.39, 0.29) is 18.3 Å². The second-order valence-electron chi connectivity index (χ2n) is 5.35. The fourth-order valence-corrected chi connectivity index (χ4v) is 2.57. The van der Waals surface area contributed by atoms with Gasteiger partial charge in [0.25, 0.3) is 0 Å². The van der Waals surface area contributed by atoms with Crippen LogP contribution in [0.4, 0.5) is 0 Å². The molecule has 1 amide bonds. The van der Waals surface area contributed by atoms with Crippen LogP contribution < -0.4 is 5.32 Å². The Hall–Kier alpha value is -1.07. The number of halogens is 1. The van der Waals surface area contributed by atoms with E-state index in [1.807, 2.05) is 17.9 Å². The zero-order chi connectivity index (χ0) is 13.7. The Labute approximate surface area is 126 Å². The first-order valence-electron chi connectivity index (χ1n) is 7.18. The summed E-state index contributed by atoms with van der Waals surface area (Å²) in [7, 11) is 0.